The molecule has 1 aliphatic rings. The van der Waals surface area contributed by atoms with Crippen molar-refractivity contribution >= 4 is 11.4 Å². The Balaban J connectivity index is 2.90. The summed E-state index contributed by atoms with van der Waals surface area (Å²) in [5, 5.41) is 0. The molecule has 0 aromatic carbocycles. The molecule has 2 heteroatoms. The van der Waals surface area contributed by atoms with Gasteiger partial charge in [0.2, 0.25) is 0 Å². The zero-order chi connectivity index (χ0) is 7.56. The number of allylic oxidation sites excluding steroid dienone is 2. The summed E-state index contributed by atoms with van der Waals surface area (Å²) >= 11 is 0. The largest absolute Gasteiger partial charge is 0.284 e. The van der Waals surface area contributed by atoms with Crippen molar-refractivity contribution in [1.29, 1.82) is 0 Å². The molecule has 0 spiro atoms. The summed E-state index contributed by atoms with van der Waals surface area (Å²) in [6.07, 6.45) is 2.00. The smallest absolute Gasteiger partial charge is 0.0772 e. The molecular formula is C8H12N2. The van der Waals surface area contributed by atoms with Gasteiger partial charge in [0.05, 0.1) is 6.54 Å². The average Bonchev–Trinajstić information content (AvgIpc) is 1.93. The van der Waals surface area contributed by atoms with Crippen molar-refractivity contribution in [3.05, 3.63) is 11.8 Å². The Labute approximate surface area is 61.4 Å². The van der Waals surface area contributed by atoms with Gasteiger partial charge in [-0.2, -0.15) is 0 Å². The molecule has 1 rings (SSSR count). The van der Waals surface area contributed by atoms with Crippen molar-refractivity contribution in [3.63, 3.8) is 0 Å². The van der Waals surface area contributed by atoms with E-state index in [1.54, 1.807) is 0 Å². The summed E-state index contributed by atoms with van der Waals surface area (Å²) in [7, 11) is 0. The van der Waals surface area contributed by atoms with Crippen LogP contribution in [0.25, 0.3) is 0 Å². The summed E-state index contributed by atoms with van der Waals surface area (Å²) in [5.41, 5.74) is 3.21. The Kier molecular flexibility index (Phi) is 2.00. The first kappa shape index (κ1) is 7.19. The standard InChI is InChI=1S/C8H12N2/c1-6-4-7(2)10-8(3)5-9-6/h4H,5H2,1-3H3. The van der Waals surface area contributed by atoms with Crippen molar-refractivity contribution in [2.24, 2.45) is 9.98 Å². The van der Waals surface area contributed by atoms with Crippen LogP contribution in [0.5, 0.6) is 0 Å². The number of rotatable bonds is 0. The first-order valence-corrected chi connectivity index (χ1v) is 3.42. The molecule has 1 heterocycles. The zero-order valence-corrected chi connectivity index (χ0v) is 6.68. The molecule has 0 N–H and O–H groups in total. The van der Waals surface area contributed by atoms with Gasteiger partial charge in [-0.25, -0.2) is 0 Å². The van der Waals surface area contributed by atoms with Gasteiger partial charge in [-0.15, -0.1) is 0 Å². The quantitative estimate of drug-likeness (QED) is 0.485. The van der Waals surface area contributed by atoms with E-state index < -0.39 is 0 Å². The number of aliphatic imine (C=N–C) groups is 2. The third-order valence-corrected chi connectivity index (χ3v) is 1.34. The lowest BCUT2D eigenvalue weighted by atomic mass is 10.3. The van der Waals surface area contributed by atoms with E-state index in [1.807, 2.05) is 26.8 Å². The highest BCUT2D eigenvalue weighted by Gasteiger charge is 1.96. The Bertz CT molecular complexity index is 221. The van der Waals surface area contributed by atoms with E-state index >= 15 is 0 Å². The van der Waals surface area contributed by atoms with Gasteiger partial charge in [0, 0.05) is 17.1 Å². The minimum atomic E-state index is 0.750. The van der Waals surface area contributed by atoms with Crippen LogP contribution in [0, 0.1) is 0 Å². The van der Waals surface area contributed by atoms with Gasteiger partial charge in [0.15, 0.2) is 0 Å². The van der Waals surface area contributed by atoms with E-state index in [-0.39, 0.29) is 0 Å². The van der Waals surface area contributed by atoms with Gasteiger partial charge in [0.25, 0.3) is 0 Å². The van der Waals surface area contributed by atoms with Crippen LogP contribution in [0.4, 0.5) is 0 Å². The second-order valence-corrected chi connectivity index (χ2v) is 2.59. The van der Waals surface area contributed by atoms with E-state index in [4.69, 9.17) is 0 Å². The molecule has 0 atom stereocenters. The maximum atomic E-state index is 4.29. The molecule has 0 bridgehead atoms. The van der Waals surface area contributed by atoms with Crippen LogP contribution in [0.3, 0.4) is 0 Å². The number of nitrogens with zero attached hydrogens (tertiary/aromatic N) is 2. The normalized spacial score (nSPS) is 18.9. The van der Waals surface area contributed by atoms with Crippen LogP contribution in [-0.2, 0) is 0 Å². The summed E-state index contributed by atoms with van der Waals surface area (Å²) in [5.74, 6) is 0. The topological polar surface area (TPSA) is 24.7 Å². The predicted octanol–water partition coefficient (Wildman–Crippen LogP) is 1.83. The van der Waals surface area contributed by atoms with Crippen molar-refractivity contribution in [2.45, 2.75) is 20.8 Å². The molecule has 1 aliphatic heterocycles. The first-order valence-electron chi connectivity index (χ1n) is 3.42. The fraction of sp³-hybridized carbons (Fsp3) is 0.500. The maximum Gasteiger partial charge on any atom is 0.0772 e. The maximum absolute atomic E-state index is 4.29. The highest BCUT2D eigenvalue weighted by atomic mass is 14.8. The minimum Gasteiger partial charge on any atom is -0.284 e. The second-order valence-electron chi connectivity index (χ2n) is 2.59. The number of hydrogen-bond donors (Lipinski definition) is 0. The molecule has 10 heavy (non-hydrogen) atoms. The van der Waals surface area contributed by atoms with Crippen LogP contribution < -0.4 is 0 Å². The molecule has 0 radical (unpaired) electrons. The monoisotopic (exact) mass is 136 g/mol. The van der Waals surface area contributed by atoms with Gasteiger partial charge in [0.1, 0.15) is 0 Å². The van der Waals surface area contributed by atoms with Crippen molar-refractivity contribution in [1.82, 2.24) is 0 Å². The van der Waals surface area contributed by atoms with Crippen molar-refractivity contribution in [3.8, 4) is 0 Å². The highest BCUT2D eigenvalue weighted by molar-refractivity contribution is 5.97. The van der Waals surface area contributed by atoms with E-state index in [0.29, 0.717) is 0 Å². The first-order chi connectivity index (χ1) is 4.68. The van der Waals surface area contributed by atoms with E-state index in [0.717, 1.165) is 23.7 Å². The van der Waals surface area contributed by atoms with E-state index in [9.17, 15) is 0 Å². The molecule has 0 fully saturated rings. The van der Waals surface area contributed by atoms with Crippen LogP contribution in [0.2, 0.25) is 0 Å². The summed E-state index contributed by atoms with van der Waals surface area (Å²) in [6, 6.07) is 0. The molecule has 0 saturated heterocycles. The van der Waals surface area contributed by atoms with E-state index in [1.165, 1.54) is 0 Å². The van der Waals surface area contributed by atoms with Crippen LogP contribution in [-0.4, -0.2) is 18.0 Å². The molecule has 0 aromatic rings. The number of hydrogen-bond acceptors (Lipinski definition) is 2. The molecule has 0 saturated carbocycles. The predicted molar refractivity (Wildman–Crippen MR) is 44.8 cm³/mol. The van der Waals surface area contributed by atoms with Crippen LogP contribution >= 0.6 is 0 Å². The average molecular weight is 136 g/mol. The summed E-state index contributed by atoms with van der Waals surface area (Å²) in [6.45, 7) is 6.74. The molecule has 0 unspecified atom stereocenters. The lowest BCUT2D eigenvalue weighted by molar-refractivity contribution is 1.25. The second kappa shape index (κ2) is 2.78. The Morgan fingerprint density at radius 2 is 2.00 bits per heavy atom. The zero-order valence-electron chi connectivity index (χ0n) is 6.68. The van der Waals surface area contributed by atoms with Gasteiger partial charge in [-0.1, -0.05) is 0 Å². The molecule has 54 valence electrons. The lowest BCUT2D eigenvalue weighted by Gasteiger charge is -1.90. The molecule has 0 aromatic heterocycles. The van der Waals surface area contributed by atoms with E-state index in [2.05, 4.69) is 9.98 Å². The highest BCUT2D eigenvalue weighted by Crippen LogP contribution is 2.01. The van der Waals surface area contributed by atoms with Crippen LogP contribution in [0.15, 0.2) is 21.8 Å². The SMILES string of the molecule is CC1=CC(C)=NCC(C)=N1. The Hall–Kier alpha value is -0.920. The van der Waals surface area contributed by atoms with Crippen LogP contribution in [0.1, 0.15) is 20.8 Å². The van der Waals surface area contributed by atoms with Gasteiger partial charge in [-0.05, 0) is 26.8 Å². The third kappa shape index (κ3) is 1.79. The van der Waals surface area contributed by atoms with Gasteiger partial charge in [-0.3, -0.25) is 9.98 Å². The summed E-state index contributed by atoms with van der Waals surface area (Å²) < 4.78 is 0. The fourth-order valence-corrected chi connectivity index (χ4v) is 0.956. The fourth-order valence-electron chi connectivity index (χ4n) is 0.956. The molecule has 2 nitrogen and oxygen atoms in total. The van der Waals surface area contributed by atoms with Crippen molar-refractivity contribution < 1.29 is 0 Å². The van der Waals surface area contributed by atoms with Crippen molar-refractivity contribution in [2.75, 3.05) is 6.54 Å². The van der Waals surface area contributed by atoms with Gasteiger partial charge >= 0.3 is 0 Å². The third-order valence-electron chi connectivity index (χ3n) is 1.34. The minimum absolute atomic E-state index is 0.750. The lowest BCUT2D eigenvalue weighted by Crippen LogP contribution is -1.95. The molecule has 0 amide bonds. The van der Waals surface area contributed by atoms with Gasteiger partial charge < -0.3 is 0 Å². The Morgan fingerprint density at radius 1 is 1.30 bits per heavy atom. The molecular weight excluding hydrogens is 124 g/mol. The molecule has 0 aliphatic carbocycles. The Morgan fingerprint density at radius 3 is 2.70 bits per heavy atom. The summed E-state index contributed by atoms with van der Waals surface area (Å²) in [4.78, 5) is 8.55.